The summed E-state index contributed by atoms with van der Waals surface area (Å²) in [5.74, 6) is 0.841. The number of rotatable bonds is 5. The molecule has 26 heavy (non-hydrogen) atoms. The molecule has 0 saturated carbocycles. The fourth-order valence-electron chi connectivity index (χ4n) is 3.95. The highest BCUT2D eigenvalue weighted by molar-refractivity contribution is 5.99. The number of carbonyl (C=O) groups excluding carboxylic acids is 1. The zero-order valence-corrected chi connectivity index (χ0v) is 15.1. The van der Waals surface area contributed by atoms with Gasteiger partial charge in [0.25, 0.3) is 5.91 Å². The van der Waals surface area contributed by atoms with Crippen LogP contribution in [0.5, 0.6) is 0 Å². The average molecular weight is 350 g/mol. The second kappa shape index (κ2) is 7.87. The van der Waals surface area contributed by atoms with Gasteiger partial charge in [-0.15, -0.1) is 0 Å². The molecule has 2 fully saturated rings. The van der Waals surface area contributed by atoms with Crippen LogP contribution in [0.4, 0.5) is 5.82 Å². The maximum atomic E-state index is 12.8. The first-order chi connectivity index (χ1) is 12.8. The summed E-state index contributed by atoms with van der Waals surface area (Å²) in [5.41, 5.74) is 2.03. The summed E-state index contributed by atoms with van der Waals surface area (Å²) < 4.78 is 0. The van der Waals surface area contributed by atoms with Gasteiger partial charge in [0.15, 0.2) is 0 Å². The number of amides is 1. The van der Waals surface area contributed by atoms with Gasteiger partial charge in [0.05, 0.1) is 5.56 Å². The molecule has 3 heterocycles. The zero-order chi connectivity index (χ0) is 17.8. The minimum atomic E-state index is 0.00608. The fourth-order valence-corrected chi connectivity index (χ4v) is 3.95. The maximum Gasteiger partial charge on any atom is 0.255 e. The summed E-state index contributed by atoms with van der Waals surface area (Å²) in [6, 6.07) is 14.5. The van der Waals surface area contributed by atoms with Crippen LogP contribution < -0.4 is 10.2 Å². The molecule has 5 heteroatoms. The Kier molecular flexibility index (Phi) is 5.16. The predicted octanol–water partition coefficient (Wildman–Crippen LogP) is 2.69. The van der Waals surface area contributed by atoms with E-state index >= 15 is 0 Å². The Balaban J connectivity index is 1.37. The van der Waals surface area contributed by atoms with Crippen LogP contribution in [0.25, 0.3) is 0 Å². The van der Waals surface area contributed by atoms with E-state index in [2.05, 4.69) is 44.4 Å². The van der Waals surface area contributed by atoms with Crippen molar-refractivity contribution in [1.82, 2.24) is 15.2 Å². The lowest BCUT2D eigenvalue weighted by molar-refractivity contribution is 0.0938. The van der Waals surface area contributed by atoms with Crippen LogP contribution >= 0.6 is 0 Å². The minimum Gasteiger partial charge on any atom is -0.356 e. The van der Waals surface area contributed by atoms with E-state index in [1.54, 1.807) is 6.20 Å². The van der Waals surface area contributed by atoms with Crippen LogP contribution in [0.3, 0.4) is 0 Å². The molecule has 0 aliphatic carbocycles. The SMILES string of the molecule is O=C(N[C@H]1CCN(Cc2ccccc2)C1)c1cccnc1N1CCCC1. The number of pyridine rings is 1. The van der Waals surface area contributed by atoms with E-state index in [1.165, 1.54) is 18.4 Å². The van der Waals surface area contributed by atoms with Crippen molar-refractivity contribution in [3.8, 4) is 0 Å². The highest BCUT2D eigenvalue weighted by atomic mass is 16.1. The third kappa shape index (κ3) is 3.88. The van der Waals surface area contributed by atoms with Gasteiger partial charge in [0, 0.05) is 45.0 Å². The van der Waals surface area contributed by atoms with Crippen molar-refractivity contribution in [3.05, 3.63) is 59.8 Å². The molecule has 4 rings (SSSR count). The monoisotopic (exact) mass is 350 g/mol. The number of nitrogens with one attached hydrogen (secondary N) is 1. The van der Waals surface area contributed by atoms with E-state index < -0.39 is 0 Å². The third-order valence-corrected chi connectivity index (χ3v) is 5.29. The molecule has 2 aliphatic heterocycles. The van der Waals surface area contributed by atoms with Crippen LogP contribution in [-0.4, -0.2) is 48.0 Å². The first kappa shape index (κ1) is 17.0. The minimum absolute atomic E-state index is 0.00608. The quantitative estimate of drug-likeness (QED) is 0.901. The number of carbonyl (C=O) groups is 1. The Morgan fingerprint density at radius 3 is 2.69 bits per heavy atom. The number of aromatic nitrogens is 1. The molecule has 5 nitrogen and oxygen atoms in total. The number of likely N-dealkylation sites (tertiary alicyclic amines) is 1. The lowest BCUT2D eigenvalue weighted by Crippen LogP contribution is -2.38. The van der Waals surface area contributed by atoms with Gasteiger partial charge >= 0.3 is 0 Å². The molecule has 0 spiro atoms. The van der Waals surface area contributed by atoms with Crippen molar-refractivity contribution in [2.24, 2.45) is 0 Å². The van der Waals surface area contributed by atoms with Crippen molar-refractivity contribution in [1.29, 1.82) is 0 Å². The van der Waals surface area contributed by atoms with Crippen molar-refractivity contribution >= 4 is 11.7 Å². The number of hydrogen-bond donors (Lipinski definition) is 1. The first-order valence-electron chi connectivity index (χ1n) is 9.57. The molecule has 2 saturated heterocycles. The van der Waals surface area contributed by atoms with E-state index in [0.29, 0.717) is 5.56 Å². The van der Waals surface area contributed by atoms with E-state index in [9.17, 15) is 4.79 Å². The molecular weight excluding hydrogens is 324 g/mol. The summed E-state index contributed by atoms with van der Waals surface area (Å²) in [6.45, 7) is 4.85. The van der Waals surface area contributed by atoms with Crippen molar-refractivity contribution in [3.63, 3.8) is 0 Å². The van der Waals surface area contributed by atoms with Crippen molar-refractivity contribution in [2.45, 2.75) is 31.8 Å². The van der Waals surface area contributed by atoms with Gasteiger partial charge in [-0.05, 0) is 37.0 Å². The predicted molar refractivity (Wildman–Crippen MR) is 103 cm³/mol. The number of nitrogens with zero attached hydrogens (tertiary/aromatic N) is 3. The van der Waals surface area contributed by atoms with Gasteiger partial charge in [-0.25, -0.2) is 4.98 Å². The number of hydrogen-bond acceptors (Lipinski definition) is 4. The second-order valence-corrected chi connectivity index (χ2v) is 7.25. The number of anilines is 1. The van der Waals surface area contributed by atoms with E-state index in [0.717, 1.165) is 45.0 Å². The van der Waals surface area contributed by atoms with Crippen molar-refractivity contribution < 1.29 is 4.79 Å². The molecular formula is C21H26N4O. The lowest BCUT2D eigenvalue weighted by atomic mass is 10.2. The van der Waals surface area contributed by atoms with E-state index in [-0.39, 0.29) is 11.9 Å². The Labute approximate surface area is 155 Å². The Morgan fingerprint density at radius 1 is 1.08 bits per heavy atom. The zero-order valence-electron chi connectivity index (χ0n) is 15.1. The topological polar surface area (TPSA) is 48.5 Å². The van der Waals surface area contributed by atoms with Crippen LogP contribution in [0.1, 0.15) is 35.2 Å². The molecule has 1 atom stereocenters. The molecule has 1 aromatic heterocycles. The fraction of sp³-hybridized carbons (Fsp3) is 0.429. The molecule has 1 aromatic carbocycles. The van der Waals surface area contributed by atoms with Gasteiger partial charge in [0.1, 0.15) is 5.82 Å². The standard InChI is InChI=1S/C21H26N4O/c26-21(19-9-6-11-22-20(19)25-12-4-5-13-25)23-18-10-14-24(16-18)15-17-7-2-1-3-8-17/h1-3,6-9,11,18H,4-5,10,12-16H2,(H,23,26)/t18-/m0/s1. The Hall–Kier alpha value is -2.40. The first-order valence-corrected chi connectivity index (χ1v) is 9.57. The summed E-state index contributed by atoms with van der Waals surface area (Å²) in [7, 11) is 0. The molecule has 1 amide bonds. The molecule has 0 bridgehead atoms. The Morgan fingerprint density at radius 2 is 1.88 bits per heavy atom. The van der Waals surface area contributed by atoms with E-state index in [4.69, 9.17) is 0 Å². The molecule has 0 radical (unpaired) electrons. The van der Waals surface area contributed by atoms with Crippen LogP contribution in [0.2, 0.25) is 0 Å². The van der Waals surface area contributed by atoms with E-state index in [1.807, 2.05) is 18.2 Å². The maximum absolute atomic E-state index is 12.8. The lowest BCUT2D eigenvalue weighted by Gasteiger charge is -2.21. The molecule has 2 aliphatic rings. The van der Waals surface area contributed by atoms with Crippen LogP contribution in [0.15, 0.2) is 48.7 Å². The summed E-state index contributed by atoms with van der Waals surface area (Å²) in [4.78, 5) is 22.0. The van der Waals surface area contributed by atoms with Gasteiger partial charge in [0.2, 0.25) is 0 Å². The van der Waals surface area contributed by atoms with Gasteiger partial charge in [-0.1, -0.05) is 30.3 Å². The molecule has 0 unspecified atom stereocenters. The van der Waals surface area contributed by atoms with Crippen LogP contribution in [0, 0.1) is 0 Å². The molecule has 2 aromatic rings. The van der Waals surface area contributed by atoms with Crippen LogP contribution in [-0.2, 0) is 6.54 Å². The summed E-state index contributed by atoms with van der Waals surface area (Å²) in [6.07, 6.45) is 5.13. The second-order valence-electron chi connectivity index (χ2n) is 7.25. The highest BCUT2D eigenvalue weighted by Gasteiger charge is 2.26. The van der Waals surface area contributed by atoms with Crippen molar-refractivity contribution in [2.75, 3.05) is 31.1 Å². The highest BCUT2D eigenvalue weighted by Crippen LogP contribution is 2.22. The van der Waals surface area contributed by atoms with Gasteiger partial charge < -0.3 is 10.2 Å². The molecule has 1 N–H and O–H groups in total. The number of benzene rings is 1. The van der Waals surface area contributed by atoms with Gasteiger partial charge in [-0.2, -0.15) is 0 Å². The normalized spacial score (nSPS) is 20.5. The average Bonchev–Trinajstić information content (AvgIpc) is 3.35. The van der Waals surface area contributed by atoms with Gasteiger partial charge in [-0.3, -0.25) is 9.69 Å². The third-order valence-electron chi connectivity index (χ3n) is 5.29. The molecule has 136 valence electrons. The summed E-state index contributed by atoms with van der Waals surface area (Å²) in [5, 5.41) is 3.23. The summed E-state index contributed by atoms with van der Waals surface area (Å²) >= 11 is 0. The largest absolute Gasteiger partial charge is 0.356 e. The smallest absolute Gasteiger partial charge is 0.255 e. The Bertz CT molecular complexity index is 743.